The molecule has 1 unspecified atom stereocenters. The second kappa shape index (κ2) is 8.97. The summed E-state index contributed by atoms with van der Waals surface area (Å²) >= 11 is 0. The molecule has 1 amide bonds. The van der Waals surface area contributed by atoms with Gasteiger partial charge in [-0.1, -0.05) is 48.5 Å². The molecule has 1 aliphatic heterocycles. The molecule has 3 aromatic rings. The Kier molecular flexibility index (Phi) is 6.08. The van der Waals surface area contributed by atoms with Gasteiger partial charge in [0.1, 0.15) is 12.5 Å². The van der Waals surface area contributed by atoms with Crippen LogP contribution in [0.15, 0.2) is 88.8 Å². The van der Waals surface area contributed by atoms with Gasteiger partial charge >= 0.3 is 5.97 Å². The lowest BCUT2D eigenvalue weighted by Gasteiger charge is -2.15. The number of amides is 1. The van der Waals surface area contributed by atoms with Crippen molar-refractivity contribution in [3.05, 3.63) is 90.0 Å². The monoisotopic (exact) mass is 463 g/mol. The first-order chi connectivity index (χ1) is 15.8. The second-order valence-electron chi connectivity index (χ2n) is 7.52. The maximum Gasteiger partial charge on any atom is 0.318 e. The fraction of sp³-hybridized carbons (Fsp3) is 0.125. The van der Waals surface area contributed by atoms with E-state index in [4.69, 9.17) is 10.1 Å². The standard InChI is InChI=1S/C24H21N3O5S/c1-27(15-21(28)29)33(31,32)18-13-11-17(12-14-18)25-23(16-7-3-2-4-8-16)22-19-9-5-6-10-20(19)26-24(22)30/h2-14,22H,15H2,1H3,(H,26,30)(H,28,29). The number of carbonyl (C=O) groups excluding carboxylic acids is 1. The highest BCUT2D eigenvalue weighted by Crippen LogP contribution is 2.36. The number of rotatable bonds is 7. The molecule has 0 saturated heterocycles. The smallest absolute Gasteiger partial charge is 0.318 e. The summed E-state index contributed by atoms with van der Waals surface area (Å²) in [6.07, 6.45) is 0. The Morgan fingerprint density at radius 1 is 1.00 bits per heavy atom. The summed E-state index contributed by atoms with van der Waals surface area (Å²) in [5.74, 6) is -2.05. The van der Waals surface area contributed by atoms with Crippen LogP contribution in [0.2, 0.25) is 0 Å². The molecule has 0 bridgehead atoms. The van der Waals surface area contributed by atoms with Gasteiger partial charge in [0.05, 0.1) is 16.3 Å². The number of hydrogen-bond donors (Lipinski definition) is 2. The van der Waals surface area contributed by atoms with Crippen molar-refractivity contribution in [3.63, 3.8) is 0 Å². The van der Waals surface area contributed by atoms with Gasteiger partial charge in [0, 0.05) is 12.7 Å². The molecule has 0 fully saturated rings. The zero-order valence-corrected chi connectivity index (χ0v) is 18.5. The minimum Gasteiger partial charge on any atom is -0.480 e. The minimum absolute atomic E-state index is 0.0459. The van der Waals surface area contributed by atoms with Crippen LogP contribution in [0.25, 0.3) is 0 Å². The number of carboxylic acid groups (broad SMARTS) is 1. The van der Waals surface area contributed by atoms with E-state index >= 15 is 0 Å². The molecular formula is C24H21N3O5S. The zero-order chi connectivity index (χ0) is 23.6. The molecule has 0 saturated carbocycles. The summed E-state index contributed by atoms with van der Waals surface area (Å²) in [5, 5.41) is 11.8. The Labute approximate surface area is 191 Å². The van der Waals surface area contributed by atoms with E-state index < -0.39 is 28.5 Å². The number of para-hydroxylation sites is 1. The highest BCUT2D eigenvalue weighted by Gasteiger charge is 2.35. The van der Waals surface area contributed by atoms with E-state index in [9.17, 15) is 18.0 Å². The first-order valence-corrected chi connectivity index (χ1v) is 11.5. The lowest BCUT2D eigenvalue weighted by Crippen LogP contribution is -2.31. The Balaban J connectivity index is 1.74. The number of carbonyl (C=O) groups is 2. The summed E-state index contributed by atoms with van der Waals surface area (Å²) in [6.45, 7) is -0.642. The van der Waals surface area contributed by atoms with E-state index in [1.54, 1.807) is 0 Å². The summed E-state index contributed by atoms with van der Waals surface area (Å²) in [6, 6.07) is 22.6. The van der Waals surface area contributed by atoms with Crippen molar-refractivity contribution in [2.24, 2.45) is 4.99 Å². The third kappa shape index (κ3) is 4.55. The molecule has 168 valence electrons. The molecule has 8 nitrogen and oxygen atoms in total. The minimum atomic E-state index is -3.96. The molecule has 0 aliphatic carbocycles. The molecule has 1 heterocycles. The van der Waals surface area contributed by atoms with Gasteiger partial charge in [0.15, 0.2) is 0 Å². The van der Waals surface area contributed by atoms with Gasteiger partial charge < -0.3 is 10.4 Å². The molecule has 1 aliphatic rings. The summed E-state index contributed by atoms with van der Waals surface area (Å²) in [7, 11) is -2.75. The predicted molar refractivity (Wildman–Crippen MR) is 124 cm³/mol. The number of nitrogens with zero attached hydrogens (tertiary/aromatic N) is 2. The molecule has 0 radical (unpaired) electrons. The first kappa shape index (κ1) is 22.4. The molecule has 1 atom stereocenters. The lowest BCUT2D eigenvalue weighted by molar-refractivity contribution is -0.137. The van der Waals surface area contributed by atoms with Crippen LogP contribution in [-0.4, -0.2) is 49.0 Å². The average molecular weight is 464 g/mol. The van der Waals surface area contributed by atoms with Gasteiger partial charge in [-0.15, -0.1) is 0 Å². The maximum atomic E-state index is 12.9. The van der Waals surface area contributed by atoms with Crippen molar-refractivity contribution in [3.8, 4) is 0 Å². The number of anilines is 1. The van der Waals surface area contributed by atoms with E-state index in [-0.39, 0.29) is 10.8 Å². The van der Waals surface area contributed by atoms with Crippen molar-refractivity contribution in [1.29, 1.82) is 0 Å². The van der Waals surface area contributed by atoms with Gasteiger partial charge in [0.25, 0.3) is 0 Å². The van der Waals surface area contributed by atoms with E-state index in [1.165, 1.54) is 31.3 Å². The molecular weight excluding hydrogens is 442 g/mol. The molecule has 3 aromatic carbocycles. The van der Waals surface area contributed by atoms with Crippen molar-refractivity contribution < 1.29 is 23.1 Å². The van der Waals surface area contributed by atoms with Crippen molar-refractivity contribution in [2.75, 3.05) is 18.9 Å². The second-order valence-corrected chi connectivity index (χ2v) is 9.57. The zero-order valence-electron chi connectivity index (χ0n) is 17.7. The van der Waals surface area contributed by atoms with E-state index in [2.05, 4.69) is 5.32 Å². The van der Waals surface area contributed by atoms with E-state index in [0.717, 1.165) is 21.1 Å². The van der Waals surface area contributed by atoms with Crippen LogP contribution in [-0.2, 0) is 19.6 Å². The van der Waals surface area contributed by atoms with Gasteiger partial charge in [-0.05, 0) is 41.5 Å². The van der Waals surface area contributed by atoms with Crippen molar-refractivity contribution in [2.45, 2.75) is 10.8 Å². The third-order valence-corrected chi connectivity index (χ3v) is 7.10. The number of benzene rings is 3. The average Bonchev–Trinajstić information content (AvgIpc) is 3.13. The SMILES string of the molecule is CN(CC(=O)O)S(=O)(=O)c1ccc(N=C(c2ccccc2)C2C(=O)Nc3ccccc32)cc1. The number of fused-ring (bicyclic) bond motifs is 1. The van der Waals surface area contributed by atoms with Gasteiger partial charge in [-0.25, -0.2) is 8.42 Å². The molecule has 4 rings (SSSR count). The fourth-order valence-electron chi connectivity index (χ4n) is 3.67. The molecule has 0 aromatic heterocycles. The summed E-state index contributed by atoms with van der Waals surface area (Å²) in [5.41, 5.74) is 3.33. The number of carboxylic acids is 1. The topological polar surface area (TPSA) is 116 Å². The first-order valence-electron chi connectivity index (χ1n) is 10.1. The molecule has 0 spiro atoms. The summed E-state index contributed by atoms with van der Waals surface area (Å²) < 4.78 is 25.9. The van der Waals surface area contributed by atoms with Crippen molar-refractivity contribution in [1.82, 2.24) is 4.31 Å². The van der Waals surface area contributed by atoms with Crippen LogP contribution in [0.3, 0.4) is 0 Å². The number of aliphatic imine (C=N–C) groups is 1. The Bertz CT molecular complexity index is 1340. The third-order valence-electron chi connectivity index (χ3n) is 5.29. The number of sulfonamides is 1. The molecule has 9 heteroatoms. The Morgan fingerprint density at radius 3 is 2.30 bits per heavy atom. The molecule has 33 heavy (non-hydrogen) atoms. The largest absolute Gasteiger partial charge is 0.480 e. The fourth-order valence-corrected chi connectivity index (χ4v) is 4.79. The van der Waals surface area contributed by atoms with Crippen molar-refractivity contribution >= 4 is 39.0 Å². The normalized spacial score (nSPS) is 15.9. The van der Waals surface area contributed by atoms with E-state index in [0.29, 0.717) is 11.4 Å². The van der Waals surface area contributed by atoms with Crippen LogP contribution in [0.1, 0.15) is 17.0 Å². The lowest BCUT2D eigenvalue weighted by atomic mass is 9.90. The number of nitrogens with one attached hydrogen (secondary N) is 1. The predicted octanol–water partition coefficient (Wildman–Crippen LogP) is 3.25. The highest BCUT2D eigenvalue weighted by atomic mass is 32.2. The van der Waals surface area contributed by atoms with Gasteiger partial charge in [-0.2, -0.15) is 4.31 Å². The van der Waals surface area contributed by atoms with Gasteiger partial charge in [-0.3, -0.25) is 14.6 Å². The quantitative estimate of drug-likeness (QED) is 0.522. The number of likely N-dealkylation sites (N-methyl/N-ethyl adjacent to an activating group) is 1. The van der Waals surface area contributed by atoms with Crippen LogP contribution < -0.4 is 5.32 Å². The maximum absolute atomic E-state index is 12.9. The van der Waals surface area contributed by atoms with Crippen LogP contribution in [0.4, 0.5) is 11.4 Å². The molecule has 2 N–H and O–H groups in total. The summed E-state index contributed by atoms with van der Waals surface area (Å²) in [4.78, 5) is 28.4. The highest BCUT2D eigenvalue weighted by molar-refractivity contribution is 7.89. The van der Waals surface area contributed by atoms with Crippen LogP contribution in [0, 0.1) is 0 Å². The Hall–Kier alpha value is -3.82. The van der Waals surface area contributed by atoms with E-state index in [1.807, 2.05) is 54.6 Å². The van der Waals surface area contributed by atoms with Gasteiger partial charge in [0.2, 0.25) is 15.9 Å². The Morgan fingerprint density at radius 2 is 1.64 bits per heavy atom. The number of aliphatic carboxylic acids is 1. The number of hydrogen-bond acceptors (Lipinski definition) is 5. The van der Waals surface area contributed by atoms with Crippen LogP contribution in [0.5, 0.6) is 0 Å². The van der Waals surface area contributed by atoms with Crippen LogP contribution >= 0.6 is 0 Å².